The number of hydrogen-bond acceptors (Lipinski definition) is 7. The van der Waals surface area contributed by atoms with Crippen molar-refractivity contribution >= 4 is 28.7 Å². The van der Waals surface area contributed by atoms with Crippen LogP contribution < -0.4 is 4.90 Å². The van der Waals surface area contributed by atoms with Crippen molar-refractivity contribution in [1.82, 2.24) is 0 Å². The molecule has 0 fully saturated rings. The second-order valence-corrected chi connectivity index (χ2v) is 6.53. The summed E-state index contributed by atoms with van der Waals surface area (Å²) in [5.74, 6) is -0.350. The van der Waals surface area contributed by atoms with E-state index < -0.39 is 4.92 Å². The van der Waals surface area contributed by atoms with Crippen molar-refractivity contribution in [2.75, 3.05) is 25.1 Å². The highest BCUT2D eigenvalue weighted by atomic mass is 16.6. The van der Waals surface area contributed by atoms with E-state index in [0.717, 1.165) is 25.1 Å². The van der Waals surface area contributed by atoms with Crippen molar-refractivity contribution in [3.63, 3.8) is 0 Å². The zero-order valence-electron chi connectivity index (χ0n) is 16.6. The number of anilines is 1. The highest BCUT2D eigenvalue weighted by molar-refractivity contribution is 5.86. The van der Waals surface area contributed by atoms with Gasteiger partial charge in [-0.3, -0.25) is 10.1 Å². The minimum Gasteiger partial charge on any atom is -0.462 e. The Labute approximate surface area is 169 Å². The minimum atomic E-state index is -0.453. The fourth-order valence-corrected chi connectivity index (χ4v) is 2.40. The molecule has 0 aliphatic heterocycles. The van der Waals surface area contributed by atoms with Crippen molar-refractivity contribution in [1.29, 1.82) is 0 Å². The van der Waals surface area contributed by atoms with Gasteiger partial charge in [-0.25, -0.2) is 4.79 Å². The van der Waals surface area contributed by atoms with Crippen LogP contribution in [0, 0.1) is 10.1 Å². The van der Waals surface area contributed by atoms with E-state index >= 15 is 0 Å². The van der Waals surface area contributed by atoms with Gasteiger partial charge in [0.2, 0.25) is 0 Å². The molecule has 0 saturated carbocycles. The largest absolute Gasteiger partial charge is 0.462 e. The molecule has 2 aromatic rings. The number of nitro groups is 1. The lowest BCUT2D eigenvalue weighted by Crippen LogP contribution is -2.19. The first-order valence-electron chi connectivity index (χ1n) is 9.17. The van der Waals surface area contributed by atoms with E-state index in [0.29, 0.717) is 23.6 Å². The van der Waals surface area contributed by atoms with Gasteiger partial charge >= 0.3 is 5.97 Å². The summed E-state index contributed by atoms with van der Waals surface area (Å²) >= 11 is 0. The molecular formula is C21H24N4O4. The van der Waals surface area contributed by atoms with Gasteiger partial charge in [-0.05, 0) is 56.2 Å². The molecule has 29 heavy (non-hydrogen) atoms. The van der Waals surface area contributed by atoms with E-state index in [1.54, 1.807) is 19.1 Å². The third-order valence-electron chi connectivity index (χ3n) is 4.10. The summed E-state index contributed by atoms with van der Waals surface area (Å²) in [6.07, 6.45) is 1.67. The zero-order chi connectivity index (χ0) is 21.2. The molecule has 0 unspecified atom stereocenters. The minimum absolute atomic E-state index is 0.0188. The highest BCUT2D eigenvalue weighted by Gasteiger charge is 2.05. The SMILES string of the molecule is C=C(C)C(=O)OCCCCN(C)c1ccc(N=Nc2ccc([N+](=O)[O-])cc2)cc1. The van der Waals surface area contributed by atoms with Crippen molar-refractivity contribution in [2.45, 2.75) is 19.8 Å². The Bertz CT molecular complexity index is 877. The van der Waals surface area contributed by atoms with Crippen LogP contribution in [0.2, 0.25) is 0 Å². The van der Waals surface area contributed by atoms with Crippen molar-refractivity contribution < 1.29 is 14.5 Å². The van der Waals surface area contributed by atoms with Crippen LogP contribution in [0.25, 0.3) is 0 Å². The number of nitrogens with zero attached hydrogens (tertiary/aromatic N) is 4. The molecule has 8 nitrogen and oxygen atoms in total. The molecule has 8 heteroatoms. The average Bonchev–Trinajstić information content (AvgIpc) is 2.72. The van der Waals surface area contributed by atoms with E-state index in [9.17, 15) is 14.9 Å². The molecule has 0 aliphatic rings. The first kappa shape index (κ1) is 21.7. The summed E-state index contributed by atoms with van der Waals surface area (Å²) in [5, 5.41) is 18.9. The summed E-state index contributed by atoms with van der Waals surface area (Å²) in [7, 11) is 1.99. The molecule has 0 atom stereocenters. The maximum absolute atomic E-state index is 11.3. The van der Waals surface area contributed by atoms with Gasteiger partial charge in [0.05, 0.1) is 22.9 Å². The fourth-order valence-electron chi connectivity index (χ4n) is 2.40. The number of unbranched alkanes of at least 4 members (excludes halogenated alkanes) is 1. The summed E-state index contributed by atoms with van der Waals surface area (Å²) in [5.41, 5.74) is 2.70. The van der Waals surface area contributed by atoms with Crippen LogP contribution in [0.4, 0.5) is 22.7 Å². The third kappa shape index (κ3) is 7.17. The molecule has 0 N–H and O–H groups in total. The molecule has 0 heterocycles. The average molecular weight is 396 g/mol. The Morgan fingerprint density at radius 2 is 1.62 bits per heavy atom. The van der Waals surface area contributed by atoms with E-state index in [-0.39, 0.29) is 11.7 Å². The van der Waals surface area contributed by atoms with Crippen molar-refractivity contribution in [3.8, 4) is 0 Å². The molecule has 2 aromatic carbocycles. The number of non-ortho nitro benzene ring substituents is 1. The molecule has 0 aliphatic carbocycles. The van der Waals surface area contributed by atoms with E-state index in [4.69, 9.17) is 4.74 Å². The van der Waals surface area contributed by atoms with Gasteiger partial charge in [-0.2, -0.15) is 10.2 Å². The van der Waals surface area contributed by atoms with Gasteiger partial charge in [0.25, 0.3) is 5.69 Å². The van der Waals surface area contributed by atoms with Gasteiger partial charge in [-0.1, -0.05) is 6.58 Å². The zero-order valence-corrected chi connectivity index (χ0v) is 16.6. The molecule has 0 saturated heterocycles. The maximum Gasteiger partial charge on any atom is 0.333 e. The Kier molecular flexibility index (Phi) is 8.02. The van der Waals surface area contributed by atoms with Crippen LogP contribution in [0.3, 0.4) is 0 Å². The lowest BCUT2D eigenvalue weighted by molar-refractivity contribution is -0.384. The third-order valence-corrected chi connectivity index (χ3v) is 4.10. The van der Waals surface area contributed by atoms with Crippen molar-refractivity contribution in [3.05, 3.63) is 70.8 Å². The second kappa shape index (κ2) is 10.7. The number of nitro benzene ring substituents is 1. The topological polar surface area (TPSA) is 97.4 Å². The summed E-state index contributed by atoms with van der Waals surface area (Å²) in [4.78, 5) is 23.6. The molecular weight excluding hydrogens is 372 g/mol. The summed E-state index contributed by atoms with van der Waals surface area (Å²) < 4.78 is 5.08. The predicted octanol–water partition coefficient (Wildman–Crippen LogP) is 5.35. The lowest BCUT2D eigenvalue weighted by Gasteiger charge is -2.19. The predicted molar refractivity (Wildman–Crippen MR) is 112 cm³/mol. The normalized spacial score (nSPS) is 10.7. The van der Waals surface area contributed by atoms with Crippen LogP contribution in [0.15, 0.2) is 70.9 Å². The smallest absolute Gasteiger partial charge is 0.333 e. The Morgan fingerprint density at radius 1 is 1.07 bits per heavy atom. The number of benzene rings is 2. The van der Waals surface area contributed by atoms with Crippen LogP contribution in [0.1, 0.15) is 19.8 Å². The van der Waals surface area contributed by atoms with Gasteiger partial charge < -0.3 is 9.64 Å². The number of azo groups is 1. The Morgan fingerprint density at radius 3 is 2.14 bits per heavy atom. The first-order chi connectivity index (χ1) is 13.9. The van der Waals surface area contributed by atoms with E-state index in [1.807, 2.05) is 31.3 Å². The van der Waals surface area contributed by atoms with Gasteiger partial charge in [0, 0.05) is 37.0 Å². The lowest BCUT2D eigenvalue weighted by atomic mass is 10.2. The van der Waals surface area contributed by atoms with Crippen LogP contribution >= 0.6 is 0 Å². The molecule has 2 rings (SSSR count). The molecule has 0 bridgehead atoms. The van der Waals surface area contributed by atoms with Gasteiger partial charge in [0.1, 0.15) is 0 Å². The standard InChI is InChI=1S/C21H24N4O4/c1-16(2)21(26)29-15-5-4-14-24(3)19-10-6-17(7-11-19)22-23-18-8-12-20(13-9-18)25(27)28/h6-13H,1,4-5,14-15H2,2-3H3. The molecule has 0 aromatic heterocycles. The number of carbonyl (C=O) groups excluding carboxylic acids is 1. The van der Waals surface area contributed by atoms with Crippen molar-refractivity contribution in [2.24, 2.45) is 10.2 Å². The van der Waals surface area contributed by atoms with E-state index in [1.165, 1.54) is 12.1 Å². The number of esters is 1. The quantitative estimate of drug-likeness (QED) is 0.135. The fraction of sp³-hybridized carbons (Fsp3) is 0.286. The number of carbonyl (C=O) groups is 1. The van der Waals surface area contributed by atoms with E-state index in [2.05, 4.69) is 21.7 Å². The number of hydrogen-bond donors (Lipinski definition) is 0. The second-order valence-electron chi connectivity index (χ2n) is 6.53. The van der Waals surface area contributed by atoms with Gasteiger partial charge in [-0.15, -0.1) is 0 Å². The molecule has 0 amide bonds. The van der Waals surface area contributed by atoms with Crippen LogP contribution in [-0.4, -0.2) is 31.1 Å². The molecule has 152 valence electrons. The Balaban J connectivity index is 1.80. The summed E-state index contributed by atoms with van der Waals surface area (Å²) in [6, 6.07) is 13.5. The first-order valence-corrected chi connectivity index (χ1v) is 9.17. The molecule has 0 spiro atoms. The van der Waals surface area contributed by atoms with Gasteiger partial charge in [0.15, 0.2) is 0 Å². The number of rotatable bonds is 10. The van der Waals surface area contributed by atoms with Crippen LogP contribution in [0.5, 0.6) is 0 Å². The molecule has 0 radical (unpaired) electrons. The van der Waals surface area contributed by atoms with Crippen LogP contribution in [-0.2, 0) is 9.53 Å². The highest BCUT2D eigenvalue weighted by Crippen LogP contribution is 2.23. The Hall–Kier alpha value is -3.55. The maximum atomic E-state index is 11.3. The number of ether oxygens (including phenoxy) is 1. The summed E-state index contributed by atoms with van der Waals surface area (Å²) in [6.45, 7) is 6.40. The monoisotopic (exact) mass is 396 g/mol.